The van der Waals surface area contributed by atoms with E-state index in [1.807, 2.05) is 71.0 Å². The summed E-state index contributed by atoms with van der Waals surface area (Å²) in [6.45, 7) is 19.6. The molecule has 4 unspecified atom stereocenters. The first-order chi connectivity index (χ1) is 39.4. The summed E-state index contributed by atoms with van der Waals surface area (Å²) in [5, 5.41) is 22.3. The van der Waals surface area contributed by atoms with Gasteiger partial charge < -0.3 is 63.5 Å². The molecule has 3 saturated heterocycles. The van der Waals surface area contributed by atoms with E-state index in [0.29, 0.717) is 87.5 Å². The van der Waals surface area contributed by atoms with E-state index in [4.69, 9.17) is 48.4 Å². The van der Waals surface area contributed by atoms with Gasteiger partial charge in [0.05, 0.1) is 47.4 Å². The number of benzene rings is 3. The molecule has 6 aliphatic heterocycles. The Hall–Kier alpha value is -6.70. The molecule has 4 bridgehead atoms. The monoisotopic (exact) mass is 1130 g/mol. The van der Waals surface area contributed by atoms with Crippen LogP contribution in [0.15, 0.2) is 101 Å². The summed E-state index contributed by atoms with van der Waals surface area (Å²) in [5.74, 6) is -3.66. The number of ketones is 2. The lowest BCUT2D eigenvalue weighted by molar-refractivity contribution is -0.373. The highest BCUT2D eigenvalue weighted by atomic mass is 16.8. The number of esters is 2. The van der Waals surface area contributed by atoms with Gasteiger partial charge >= 0.3 is 11.9 Å². The average molecular weight is 1140 g/mol. The fourth-order valence-electron chi connectivity index (χ4n) is 14.6. The molecule has 1 spiro atoms. The number of methoxy groups -OCH3 is 1. The Morgan fingerprint density at radius 1 is 0.880 bits per heavy atom. The van der Waals surface area contributed by atoms with Crippen LogP contribution in [0.5, 0.6) is 23.0 Å². The minimum atomic E-state index is -1.74. The maximum atomic E-state index is 16.2. The zero-order chi connectivity index (χ0) is 59.0. The van der Waals surface area contributed by atoms with E-state index in [-0.39, 0.29) is 60.3 Å². The van der Waals surface area contributed by atoms with E-state index in [2.05, 4.69) is 30.9 Å². The molecule has 0 radical (unpaired) electrons. The minimum absolute atomic E-state index is 0.0643. The predicted octanol–water partition coefficient (Wildman–Crippen LogP) is 8.92. The summed E-state index contributed by atoms with van der Waals surface area (Å²) < 4.78 is 58.7. The molecule has 0 aromatic heterocycles. The zero-order valence-corrected chi connectivity index (χ0v) is 49.0. The number of aliphatic hydroxyl groups is 2. The van der Waals surface area contributed by atoms with Crippen LogP contribution in [-0.2, 0) is 39.7 Å². The first-order valence-corrected chi connectivity index (χ1v) is 28.9. The third kappa shape index (κ3) is 8.73. The lowest BCUT2D eigenvalue weighted by Crippen LogP contribution is -2.75. The topological polar surface area (TPSA) is 221 Å². The van der Waals surface area contributed by atoms with Crippen molar-refractivity contribution >= 4 is 41.0 Å². The fraction of sp³-hybridized carbons (Fsp3) is 0.485. The van der Waals surface area contributed by atoms with E-state index >= 15 is 14.4 Å². The molecule has 4 aliphatic carbocycles. The molecular formula is C66H74N2O15. The second kappa shape index (κ2) is 20.2. The predicted molar refractivity (Wildman–Crippen MR) is 306 cm³/mol. The average Bonchev–Trinajstić information content (AvgIpc) is 1.58. The van der Waals surface area contributed by atoms with Crippen molar-refractivity contribution in [2.45, 2.75) is 160 Å². The summed E-state index contributed by atoms with van der Waals surface area (Å²) >= 11 is 0. The highest BCUT2D eigenvalue weighted by molar-refractivity contribution is 6.23. The number of nitrogens with zero attached hydrogens (tertiary/aromatic N) is 1. The summed E-state index contributed by atoms with van der Waals surface area (Å²) in [5.41, 5.74) is 9.21. The number of hydrogen-bond acceptors (Lipinski definition) is 17. The summed E-state index contributed by atoms with van der Waals surface area (Å²) in [6, 6.07) is 13.6. The molecule has 3 saturated carbocycles. The first kappa shape index (κ1) is 56.8. The van der Waals surface area contributed by atoms with Crippen LogP contribution in [0.2, 0.25) is 0 Å². The molecule has 3 aromatic carbocycles. The molecule has 6 fully saturated rings. The molecule has 11 atom stereocenters. The van der Waals surface area contributed by atoms with Crippen LogP contribution < -0.4 is 24.7 Å². The molecule has 438 valence electrons. The van der Waals surface area contributed by atoms with Gasteiger partial charge in [-0.15, -0.1) is 0 Å². The standard InChI is InChI=1S/C66H74N2O15/c1-33(2)15-14-26-64(10)27-25-41-54(81-64)40(23-18-34(3)4)56-47(55(41)79-60(74)36-19-21-37(22-20-36)77-61-53(71)52(70)57-43(78-61)32-76-63(8,9)80-57)50-48-45(46-49(68(50)30-29-67)38-16-12-13-17-39(38)51(46)69)42-31-44-62(6,7)83-65(58(42)72,66(44,48)82-56)28-24-35(5)59(73)75-11/h12-13,15-22,24-25,27,42-45,52-53,57,61,70-71H,14,23,26,28-32,67H2,1-11H3/t42-,43+,44+,45?,52+,53+,57+,61+,64?,65?,66?/m0/s1. The maximum absolute atomic E-state index is 16.2. The molecule has 17 nitrogen and oxygen atoms in total. The zero-order valence-electron chi connectivity index (χ0n) is 49.0. The first-order valence-electron chi connectivity index (χ1n) is 28.9. The van der Waals surface area contributed by atoms with Crippen LogP contribution >= 0.6 is 0 Å². The van der Waals surface area contributed by atoms with Crippen molar-refractivity contribution in [1.29, 1.82) is 0 Å². The quantitative estimate of drug-likeness (QED) is 0.0593. The van der Waals surface area contributed by atoms with Crippen molar-refractivity contribution in [3.8, 4) is 23.0 Å². The number of carbonyl (C=O) groups excluding carboxylic acids is 4. The molecule has 10 aliphatic rings. The van der Waals surface area contributed by atoms with E-state index in [9.17, 15) is 15.0 Å². The Balaban J connectivity index is 1.07. The van der Waals surface area contributed by atoms with Crippen LogP contribution in [-0.4, -0.2) is 124 Å². The summed E-state index contributed by atoms with van der Waals surface area (Å²) in [6.07, 6.45) is 6.11. The van der Waals surface area contributed by atoms with Crippen molar-refractivity contribution < 1.29 is 72.0 Å². The van der Waals surface area contributed by atoms with Gasteiger partial charge in [-0.3, -0.25) is 9.59 Å². The van der Waals surface area contributed by atoms with Crippen LogP contribution in [0.4, 0.5) is 0 Å². The number of aliphatic hydroxyl groups excluding tert-OH is 2. The summed E-state index contributed by atoms with van der Waals surface area (Å²) in [4.78, 5) is 62.1. The number of rotatable bonds is 14. The van der Waals surface area contributed by atoms with Crippen LogP contribution in [0.1, 0.15) is 138 Å². The highest BCUT2D eigenvalue weighted by Gasteiger charge is 2.84. The number of ether oxygens (including phenoxy) is 9. The molecule has 13 rings (SSSR count). The van der Waals surface area contributed by atoms with Crippen molar-refractivity contribution in [3.63, 3.8) is 0 Å². The highest BCUT2D eigenvalue weighted by Crippen LogP contribution is 2.75. The Kier molecular flexibility index (Phi) is 13.8. The largest absolute Gasteiger partial charge is 0.482 e. The Labute approximate surface area is 483 Å². The van der Waals surface area contributed by atoms with Crippen LogP contribution in [0.3, 0.4) is 0 Å². The van der Waals surface area contributed by atoms with E-state index in [1.165, 1.54) is 24.8 Å². The van der Waals surface area contributed by atoms with Crippen molar-refractivity contribution in [2.24, 2.45) is 23.5 Å². The minimum Gasteiger partial charge on any atom is -0.482 e. The Bertz CT molecular complexity index is 3460. The van der Waals surface area contributed by atoms with Gasteiger partial charge in [0.2, 0.25) is 6.29 Å². The van der Waals surface area contributed by atoms with Gasteiger partial charge in [0.15, 0.2) is 34.3 Å². The number of fused-ring (bicyclic) bond motifs is 6. The lowest BCUT2D eigenvalue weighted by atomic mass is 9.44. The van der Waals surface area contributed by atoms with Crippen molar-refractivity contribution in [2.75, 3.05) is 26.8 Å². The molecule has 83 heavy (non-hydrogen) atoms. The van der Waals surface area contributed by atoms with Crippen LogP contribution in [0, 0.1) is 17.8 Å². The second-order valence-electron chi connectivity index (χ2n) is 25.2. The molecule has 6 heterocycles. The van der Waals surface area contributed by atoms with Crippen LogP contribution in [0.25, 0.3) is 17.5 Å². The smallest absolute Gasteiger partial charge is 0.343 e. The van der Waals surface area contributed by atoms with Gasteiger partial charge in [0.1, 0.15) is 47.3 Å². The summed E-state index contributed by atoms with van der Waals surface area (Å²) in [7, 11) is 1.31. The van der Waals surface area contributed by atoms with Crippen molar-refractivity contribution in [1.82, 2.24) is 4.90 Å². The molecule has 0 amide bonds. The Morgan fingerprint density at radius 3 is 2.30 bits per heavy atom. The molecule has 3 aromatic rings. The van der Waals surface area contributed by atoms with Gasteiger partial charge in [0, 0.05) is 70.7 Å². The second-order valence-corrected chi connectivity index (χ2v) is 25.2. The number of nitrogens with two attached hydrogens (primary N) is 1. The Morgan fingerprint density at radius 2 is 1.60 bits per heavy atom. The van der Waals surface area contributed by atoms with Gasteiger partial charge in [-0.1, -0.05) is 53.6 Å². The normalized spacial score (nSPS) is 31.6. The number of Topliss-reactive ketones (excluding diaryl/α,β-unsaturated/α-hetero) is 2. The van der Waals surface area contributed by atoms with Crippen molar-refractivity contribution in [3.05, 3.63) is 134 Å². The molecular weight excluding hydrogens is 1060 g/mol. The number of carbonyl (C=O) groups is 4. The SMILES string of the molecule is COC(=O)C(C)=CCC12OC(C)(C)[C@H]3C[C@H](C1=O)C1C4=C(c5ccccc5C4=O)N(CCN)C4=C1C32Oc1c(CC=C(C)C)c2c(c(OC(=O)c3ccc(O[C@@H]5O[C@@H]6COC(C)(C)O[C@H]6[C@H](O)[C@H]5O)cc3)c14)C=CC(C)(CCC=C(C)C)O2. The van der Waals surface area contributed by atoms with Gasteiger partial charge in [-0.2, -0.15) is 0 Å². The molecule has 4 N–H and O–H groups in total. The maximum Gasteiger partial charge on any atom is 0.343 e. The number of allylic oxidation sites excluding steroid dienone is 5. The van der Waals surface area contributed by atoms with Gasteiger partial charge in [0.25, 0.3) is 0 Å². The fourth-order valence-corrected chi connectivity index (χ4v) is 14.6. The van der Waals surface area contributed by atoms with E-state index < -0.39 is 88.6 Å². The van der Waals surface area contributed by atoms with Gasteiger partial charge in [-0.05, 0) is 131 Å². The molecule has 17 heteroatoms. The van der Waals surface area contributed by atoms with E-state index in [1.54, 1.807) is 39.0 Å². The lowest BCUT2D eigenvalue weighted by Gasteiger charge is -2.63. The van der Waals surface area contributed by atoms with E-state index in [0.717, 1.165) is 5.57 Å². The third-order valence-electron chi connectivity index (χ3n) is 18.3. The third-order valence-corrected chi connectivity index (χ3v) is 18.3. The number of hydrogen-bond donors (Lipinski definition) is 3. The van der Waals surface area contributed by atoms with Gasteiger partial charge in [-0.25, -0.2) is 9.59 Å².